The molecule has 0 radical (unpaired) electrons. The Labute approximate surface area is 39.3 Å². The van der Waals surface area contributed by atoms with Gasteiger partial charge in [0.25, 0.3) is 0 Å². The van der Waals surface area contributed by atoms with E-state index in [1.807, 2.05) is 0 Å². The molecule has 0 aromatic carbocycles. The third kappa shape index (κ3) is 3.05. The van der Waals surface area contributed by atoms with Gasteiger partial charge in [0.05, 0.1) is 0 Å². The van der Waals surface area contributed by atoms with Crippen LogP contribution in [0.1, 0.15) is 0 Å². The molecule has 0 rings (SSSR count). The molecule has 0 bridgehead atoms. The van der Waals surface area contributed by atoms with Crippen molar-refractivity contribution < 1.29 is 0 Å². The topological polar surface area (TPSA) is 0 Å². The molecule has 0 spiro atoms. The summed E-state index contributed by atoms with van der Waals surface area (Å²) in [7, 11) is 0.0841. The molecule has 3 heteroatoms. The van der Waals surface area contributed by atoms with Gasteiger partial charge >= 0.3 is 39.0 Å². The van der Waals surface area contributed by atoms with Crippen LogP contribution in [0.15, 0.2) is 0 Å². The van der Waals surface area contributed by atoms with Gasteiger partial charge < -0.3 is 0 Å². The molecule has 0 saturated carbocycles. The van der Waals surface area contributed by atoms with Crippen molar-refractivity contribution in [1.29, 1.82) is 0 Å². The second-order valence-corrected chi connectivity index (χ2v) is 16.6. The van der Waals surface area contributed by atoms with E-state index >= 15 is 0 Å². The molecule has 26 valence electrons. The van der Waals surface area contributed by atoms with Gasteiger partial charge in [-0.25, -0.2) is 0 Å². The van der Waals surface area contributed by atoms with E-state index in [-0.39, 0.29) is 22.1 Å². The van der Waals surface area contributed by atoms with Gasteiger partial charge in [0.1, 0.15) is 0 Å². The van der Waals surface area contributed by atoms with E-state index in [1.54, 1.807) is 0 Å². The van der Waals surface area contributed by atoms with E-state index in [0.29, 0.717) is 0 Å². The summed E-state index contributed by atoms with van der Waals surface area (Å²) in [6.45, 7) is 0. The van der Waals surface area contributed by atoms with Gasteiger partial charge in [0.2, 0.25) is 0 Å². The van der Waals surface area contributed by atoms with Crippen LogP contribution in [0.2, 0.25) is 5.76 Å². The molecule has 0 aliphatic heterocycles. The van der Waals surface area contributed by atoms with Gasteiger partial charge in [0.15, 0.2) is 0 Å². The minimum atomic E-state index is 0.0154. The zero-order valence-corrected chi connectivity index (χ0v) is 7.93. The minimum absolute atomic E-state index is 0.0154. The summed E-state index contributed by atoms with van der Waals surface area (Å²) in [6.07, 6.45) is 0. The predicted octanol–water partition coefficient (Wildman–Crippen LogP) is -0.559. The van der Waals surface area contributed by atoms with Crippen LogP contribution in [0.25, 0.3) is 0 Å². The maximum absolute atomic E-state index is 5.41. The van der Waals surface area contributed by atoms with Gasteiger partial charge in [0, 0.05) is 0 Å². The normalized spacial score (nSPS) is 13.5. The zero-order chi connectivity index (χ0) is 3.41. The summed E-state index contributed by atoms with van der Waals surface area (Å²) < 4.78 is 0. The first-order valence-electron chi connectivity index (χ1n) is 1.47. The summed E-state index contributed by atoms with van der Waals surface area (Å²) in [6, 6.07) is 0. The molecule has 0 aromatic rings. The van der Waals surface area contributed by atoms with Gasteiger partial charge in [-0.1, -0.05) is 0 Å². The van der Waals surface area contributed by atoms with Crippen LogP contribution < -0.4 is 0 Å². The Bertz CT molecular complexity index is 10.0. The molecule has 0 N–H and O–H groups in total. The van der Waals surface area contributed by atoms with Crippen molar-refractivity contribution in [3.63, 3.8) is 0 Å². The number of hydrogen-bond donors (Lipinski definition) is 0. The SMILES string of the molecule is [CH3][GeH2][SiH2]Cl. The summed E-state index contributed by atoms with van der Waals surface area (Å²) >= 11 is 5.42. The fraction of sp³-hybridized carbons (Fsp3) is 1.00. The van der Waals surface area contributed by atoms with Crippen LogP contribution in [0, 0.1) is 0 Å². The molecule has 0 fully saturated rings. The standard InChI is InChI=1S/CH7ClGeSi/c1-3-4-2/h3-4H2,1H3. The zero-order valence-electron chi connectivity index (χ0n) is 2.79. The average Bonchev–Trinajstić information content (AvgIpc) is 1.37. The molecule has 0 saturated heterocycles. The maximum atomic E-state index is 5.41. The van der Waals surface area contributed by atoms with Crippen LogP contribution in [-0.4, -0.2) is 22.1 Å². The van der Waals surface area contributed by atoms with Crippen molar-refractivity contribution in [3.05, 3.63) is 0 Å². The molecule has 0 heterocycles. The molecule has 0 aromatic heterocycles. The van der Waals surface area contributed by atoms with Crippen molar-refractivity contribution in [1.82, 2.24) is 0 Å². The van der Waals surface area contributed by atoms with Crippen LogP contribution in [-0.2, 0) is 0 Å². The fourth-order valence-corrected chi connectivity index (χ4v) is 0. The summed E-state index contributed by atoms with van der Waals surface area (Å²) in [5.74, 6) is 2.30. The molecule has 0 aliphatic carbocycles. The first-order chi connectivity index (χ1) is 1.91. The van der Waals surface area contributed by atoms with E-state index in [2.05, 4.69) is 5.76 Å². The Morgan fingerprint density at radius 3 is 2.25 bits per heavy atom. The summed E-state index contributed by atoms with van der Waals surface area (Å²) in [5, 5.41) is 0. The summed E-state index contributed by atoms with van der Waals surface area (Å²) in [5.41, 5.74) is 0. The van der Waals surface area contributed by atoms with E-state index in [9.17, 15) is 0 Å². The third-order valence-corrected chi connectivity index (χ3v) is 8.84. The van der Waals surface area contributed by atoms with Crippen LogP contribution in [0.3, 0.4) is 0 Å². The van der Waals surface area contributed by atoms with E-state index in [4.69, 9.17) is 11.1 Å². The Balaban J connectivity index is 1.97. The molecule has 0 atom stereocenters. The van der Waals surface area contributed by atoms with Crippen LogP contribution >= 0.6 is 11.1 Å². The average molecular weight is 155 g/mol. The van der Waals surface area contributed by atoms with E-state index in [0.717, 1.165) is 0 Å². The van der Waals surface area contributed by atoms with Crippen molar-refractivity contribution in [2.45, 2.75) is 5.76 Å². The van der Waals surface area contributed by atoms with Crippen molar-refractivity contribution in [2.75, 3.05) is 0 Å². The molecule has 0 amide bonds. The molecule has 0 nitrogen and oxygen atoms in total. The number of hydrogen-bond acceptors (Lipinski definition) is 0. The first-order valence-corrected chi connectivity index (χ1v) is 13.9. The van der Waals surface area contributed by atoms with Crippen molar-refractivity contribution in [3.8, 4) is 0 Å². The second kappa shape index (κ2) is 4.05. The molecular weight excluding hydrogens is 148 g/mol. The number of rotatable bonds is 1. The Morgan fingerprint density at radius 1 is 2.00 bits per heavy atom. The van der Waals surface area contributed by atoms with Gasteiger partial charge in [-0.05, 0) is 0 Å². The predicted molar refractivity (Wildman–Crippen MR) is 28.8 cm³/mol. The van der Waals surface area contributed by atoms with Gasteiger partial charge in [-0.2, -0.15) is 0 Å². The van der Waals surface area contributed by atoms with Crippen molar-refractivity contribution >= 4 is 33.2 Å². The van der Waals surface area contributed by atoms with Crippen LogP contribution in [0.5, 0.6) is 0 Å². The van der Waals surface area contributed by atoms with E-state index in [1.165, 1.54) is 0 Å². The van der Waals surface area contributed by atoms with Crippen molar-refractivity contribution in [2.24, 2.45) is 0 Å². The number of halogens is 1. The quantitative estimate of drug-likeness (QED) is 0.352. The van der Waals surface area contributed by atoms with Gasteiger partial charge in [-0.15, -0.1) is 0 Å². The van der Waals surface area contributed by atoms with Crippen LogP contribution in [0.4, 0.5) is 0 Å². The molecule has 4 heavy (non-hydrogen) atoms. The Hall–Kier alpha value is 1.05. The third-order valence-electron chi connectivity index (χ3n) is 0.189. The molecule has 0 unspecified atom stereocenters. The van der Waals surface area contributed by atoms with E-state index < -0.39 is 0 Å². The Kier molecular flexibility index (Phi) is 5.11. The second-order valence-electron chi connectivity index (χ2n) is 0.689. The monoisotopic (exact) mass is 156 g/mol. The van der Waals surface area contributed by atoms with Gasteiger partial charge in [-0.3, -0.25) is 0 Å². The Morgan fingerprint density at radius 2 is 2.25 bits per heavy atom. The summed E-state index contributed by atoms with van der Waals surface area (Å²) in [4.78, 5) is 0. The first kappa shape index (κ1) is 5.05. The fourth-order valence-electron chi connectivity index (χ4n) is 0. The molecular formula is CH7ClGeSi. The molecule has 0 aliphatic rings.